The van der Waals surface area contributed by atoms with Crippen LogP contribution in [-0.4, -0.2) is 77.9 Å². The molecule has 36 heavy (non-hydrogen) atoms. The number of carbonyl (C=O) groups excluding carboxylic acids is 5. The van der Waals surface area contributed by atoms with Crippen LogP contribution < -0.4 is 0 Å². The largest absolute Gasteiger partial charge is 0.459 e. The van der Waals surface area contributed by atoms with Gasteiger partial charge in [0.2, 0.25) is 12.4 Å². The Hall–Kier alpha value is -2.99. The number of hydrogen-bond donors (Lipinski definition) is 1. The topological polar surface area (TPSA) is 161 Å². The highest BCUT2D eigenvalue weighted by molar-refractivity contribution is 5.88. The SMILES string of the molecule is CC(=O)OC1OC(COC(=O)C2=CCC(C(C)(C)O)CC2)C(OC(C)=O)C(OC(C)=O)C1OC(C)=O. The number of rotatable bonds is 8. The van der Waals surface area contributed by atoms with E-state index in [1.54, 1.807) is 19.9 Å². The lowest BCUT2D eigenvalue weighted by Crippen LogP contribution is -2.63. The molecule has 1 aliphatic carbocycles. The zero-order valence-electron chi connectivity index (χ0n) is 21.3. The summed E-state index contributed by atoms with van der Waals surface area (Å²) in [6.45, 7) is 7.37. The number of aliphatic hydroxyl groups is 1. The fraction of sp³-hybridized carbons (Fsp3) is 0.708. The highest BCUT2D eigenvalue weighted by Crippen LogP contribution is 2.33. The van der Waals surface area contributed by atoms with Gasteiger partial charge in [0.15, 0.2) is 12.2 Å². The first-order valence-corrected chi connectivity index (χ1v) is 11.6. The Labute approximate surface area is 209 Å². The lowest BCUT2D eigenvalue weighted by molar-refractivity contribution is -0.300. The molecule has 0 aromatic carbocycles. The van der Waals surface area contributed by atoms with Crippen LogP contribution in [-0.2, 0) is 52.4 Å². The van der Waals surface area contributed by atoms with Gasteiger partial charge in [-0.15, -0.1) is 0 Å². The quantitative estimate of drug-likeness (QED) is 0.363. The summed E-state index contributed by atoms with van der Waals surface area (Å²) in [7, 11) is 0. The number of allylic oxidation sites excluding steroid dienone is 1. The number of ether oxygens (including phenoxy) is 6. The first kappa shape index (κ1) is 29.2. The highest BCUT2D eigenvalue weighted by Gasteiger charge is 2.53. The lowest BCUT2D eigenvalue weighted by atomic mass is 9.79. The van der Waals surface area contributed by atoms with Gasteiger partial charge in [-0.25, -0.2) is 4.79 Å². The van der Waals surface area contributed by atoms with Crippen LogP contribution in [0, 0.1) is 5.92 Å². The Bertz CT molecular complexity index is 886. The van der Waals surface area contributed by atoms with E-state index >= 15 is 0 Å². The van der Waals surface area contributed by atoms with Crippen molar-refractivity contribution >= 4 is 29.8 Å². The minimum atomic E-state index is -1.53. The van der Waals surface area contributed by atoms with Crippen LogP contribution in [0.3, 0.4) is 0 Å². The Balaban J connectivity index is 2.26. The number of carbonyl (C=O) groups is 5. The van der Waals surface area contributed by atoms with Crippen LogP contribution in [0.25, 0.3) is 0 Å². The number of hydrogen-bond acceptors (Lipinski definition) is 12. The maximum Gasteiger partial charge on any atom is 0.333 e. The fourth-order valence-corrected chi connectivity index (χ4v) is 4.16. The van der Waals surface area contributed by atoms with Crippen molar-refractivity contribution < 1.29 is 57.5 Å². The second kappa shape index (κ2) is 12.3. The zero-order chi connectivity index (χ0) is 27.2. The van der Waals surface area contributed by atoms with Crippen LogP contribution in [0.1, 0.15) is 60.8 Å². The van der Waals surface area contributed by atoms with Crippen molar-refractivity contribution in [2.45, 2.75) is 97.1 Å². The Kier molecular flexibility index (Phi) is 10.00. The van der Waals surface area contributed by atoms with Crippen LogP contribution in [0.4, 0.5) is 0 Å². The van der Waals surface area contributed by atoms with Crippen molar-refractivity contribution in [3.63, 3.8) is 0 Å². The van der Waals surface area contributed by atoms with Gasteiger partial charge in [0.25, 0.3) is 0 Å². The highest BCUT2D eigenvalue weighted by atomic mass is 16.7. The Morgan fingerprint density at radius 2 is 1.42 bits per heavy atom. The second-order valence-corrected chi connectivity index (χ2v) is 9.33. The van der Waals surface area contributed by atoms with E-state index in [2.05, 4.69) is 0 Å². The predicted molar refractivity (Wildman–Crippen MR) is 120 cm³/mol. The Morgan fingerprint density at radius 3 is 1.89 bits per heavy atom. The van der Waals surface area contributed by atoms with Crippen LogP contribution >= 0.6 is 0 Å². The maximum atomic E-state index is 12.7. The van der Waals surface area contributed by atoms with E-state index in [0.29, 0.717) is 24.8 Å². The molecule has 1 N–H and O–H groups in total. The molecular weight excluding hydrogens is 480 g/mol. The Morgan fingerprint density at radius 1 is 0.889 bits per heavy atom. The molecule has 0 bridgehead atoms. The van der Waals surface area contributed by atoms with Gasteiger partial charge in [-0.05, 0) is 39.0 Å². The summed E-state index contributed by atoms with van der Waals surface area (Å²) < 4.78 is 32.0. The molecule has 1 aliphatic heterocycles. The molecular formula is C24H34O12. The monoisotopic (exact) mass is 514 g/mol. The van der Waals surface area contributed by atoms with Gasteiger partial charge in [0, 0.05) is 33.3 Å². The average Bonchev–Trinajstić information content (AvgIpc) is 2.74. The summed E-state index contributed by atoms with van der Waals surface area (Å²) in [5, 5.41) is 10.2. The standard InChI is InChI=1S/C24H34O12/c1-12(25)32-19-18(11-31-22(29)16-7-9-17(10-8-16)24(5,6)30)36-23(35-15(4)28)21(34-14(3)27)20(19)33-13(2)26/h7,17-21,23,30H,8-11H2,1-6H3. The first-order chi connectivity index (χ1) is 16.7. The van der Waals surface area contributed by atoms with Gasteiger partial charge in [-0.2, -0.15) is 0 Å². The molecule has 12 nitrogen and oxygen atoms in total. The molecule has 6 atom stereocenters. The van der Waals surface area contributed by atoms with Gasteiger partial charge < -0.3 is 33.5 Å². The van der Waals surface area contributed by atoms with Crippen molar-refractivity contribution in [3.05, 3.63) is 11.6 Å². The summed E-state index contributed by atoms with van der Waals surface area (Å²) in [5.41, 5.74) is -0.462. The normalized spacial score (nSPS) is 28.2. The van der Waals surface area contributed by atoms with E-state index < -0.39 is 72.8 Å². The molecule has 1 fully saturated rings. The molecule has 0 radical (unpaired) electrons. The third-order valence-electron chi connectivity index (χ3n) is 5.83. The fourth-order valence-electron chi connectivity index (χ4n) is 4.16. The summed E-state index contributed by atoms with van der Waals surface area (Å²) in [6, 6.07) is 0. The third kappa shape index (κ3) is 8.30. The van der Waals surface area contributed by atoms with E-state index in [4.69, 9.17) is 28.4 Å². The molecule has 12 heteroatoms. The molecule has 0 amide bonds. The minimum absolute atomic E-state index is 0.00346. The third-order valence-corrected chi connectivity index (χ3v) is 5.83. The second-order valence-electron chi connectivity index (χ2n) is 9.33. The molecule has 0 spiro atoms. The molecule has 2 aliphatic rings. The average molecular weight is 515 g/mol. The summed E-state index contributed by atoms with van der Waals surface area (Å²) in [4.78, 5) is 59.7. The van der Waals surface area contributed by atoms with Gasteiger partial charge in [0.05, 0.1) is 5.60 Å². The molecule has 0 saturated carbocycles. The first-order valence-electron chi connectivity index (χ1n) is 11.6. The van der Waals surface area contributed by atoms with E-state index in [1.165, 1.54) is 0 Å². The van der Waals surface area contributed by atoms with Crippen LogP contribution in [0.5, 0.6) is 0 Å². The van der Waals surface area contributed by atoms with Crippen LogP contribution in [0.15, 0.2) is 11.6 Å². The predicted octanol–water partition coefficient (Wildman–Crippen LogP) is 1.11. The van der Waals surface area contributed by atoms with Gasteiger partial charge in [-0.1, -0.05) is 6.08 Å². The molecule has 2 rings (SSSR count). The van der Waals surface area contributed by atoms with Crippen molar-refractivity contribution in [3.8, 4) is 0 Å². The molecule has 1 heterocycles. The minimum Gasteiger partial charge on any atom is -0.459 e. The van der Waals surface area contributed by atoms with E-state index in [-0.39, 0.29) is 5.92 Å². The van der Waals surface area contributed by atoms with Crippen molar-refractivity contribution in [1.29, 1.82) is 0 Å². The summed E-state index contributed by atoms with van der Waals surface area (Å²) in [6.07, 6.45) is -3.79. The zero-order valence-corrected chi connectivity index (χ0v) is 21.3. The summed E-state index contributed by atoms with van der Waals surface area (Å²) in [5.74, 6) is -3.77. The number of esters is 5. The maximum absolute atomic E-state index is 12.7. The molecule has 202 valence electrons. The molecule has 0 aromatic heterocycles. The van der Waals surface area contributed by atoms with Gasteiger partial charge in [-0.3, -0.25) is 19.2 Å². The van der Waals surface area contributed by atoms with Crippen molar-refractivity contribution in [1.82, 2.24) is 0 Å². The van der Waals surface area contributed by atoms with Gasteiger partial charge in [0.1, 0.15) is 12.7 Å². The molecule has 1 saturated heterocycles. The van der Waals surface area contributed by atoms with Gasteiger partial charge >= 0.3 is 29.8 Å². The van der Waals surface area contributed by atoms with Crippen LogP contribution in [0.2, 0.25) is 0 Å². The van der Waals surface area contributed by atoms with E-state index in [1.807, 2.05) is 0 Å². The van der Waals surface area contributed by atoms with Crippen molar-refractivity contribution in [2.24, 2.45) is 5.92 Å². The van der Waals surface area contributed by atoms with E-state index in [0.717, 1.165) is 27.7 Å². The molecule has 0 aromatic rings. The molecule has 6 unspecified atom stereocenters. The summed E-state index contributed by atoms with van der Waals surface area (Å²) >= 11 is 0. The van der Waals surface area contributed by atoms with E-state index in [9.17, 15) is 29.1 Å². The lowest BCUT2D eigenvalue weighted by Gasteiger charge is -2.43. The van der Waals surface area contributed by atoms with Crippen molar-refractivity contribution in [2.75, 3.05) is 6.61 Å². The smallest absolute Gasteiger partial charge is 0.333 e.